The van der Waals surface area contributed by atoms with Crippen LogP contribution in [0.4, 0.5) is 8.78 Å². The first-order valence-electron chi connectivity index (χ1n) is 11.5. The molecule has 1 fully saturated rings. The lowest BCUT2D eigenvalue weighted by molar-refractivity contribution is -0.117. The number of rotatable bonds is 6. The van der Waals surface area contributed by atoms with Crippen molar-refractivity contribution in [1.82, 2.24) is 9.78 Å². The third-order valence-electron chi connectivity index (χ3n) is 7.73. The van der Waals surface area contributed by atoms with Gasteiger partial charge in [-0.25, -0.2) is 13.5 Å². The molecule has 0 aliphatic heterocycles. The van der Waals surface area contributed by atoms with Gasteiger partial charge in [-0.15, -0.1) is 0 Å². The smallest absolute Gasteiger partial charge is 0.221 e. The predicted octanol–water partition coefficient (Wildman–Crippen LogP) is 4.28. The maximum absolute atomic E-state index is 14.4. The molecule has 5 nitrogen and oxygen atoms in total. The van der Waals surface area contributed by atoms with Crippen LogP contribution in [0.3, 0.4) is 0 Å². The zero-order valence-corrected chi connectivity index (χ0v) is 19.0. The topological polar surface area (TPSA) is 81.1 Å². The molecular weight excluding hydrogens is 436 g/mol. The van der Waals surface area contributed by atoms with E-state index in [1.54, 1.807) is 24.3 Å². The standard InChI is InChI=1S/C27H27F2N3O2/c1-26-15-18-16-31-32(21-7-5-20(28)6-8-21)24(18)13-19(26)10-12-27(26,34)11-9-17-3-2-4-23(29)22(17)14-25(30)33/h2-8,13,16,34H,9-12,14-15H2,1H3,(H2,30,33). The van der Waals surface area contributed by atoms with Crippen molar-refractivity contribution in [3.05, 3.63) is 88.3 Å². The van der Waals surface area contributed by atoms with E-state index >= 15 is 0 Å². The van der Waals surface area contributed by atoms with Gasteiger partial charge in [-0.05, 0) is 79.6 Å². The van der Waals surface area contributed by atoms with Gasteiger partial charge in [-0.1, -0.05) is 24.6 Å². The van der Waals surface area contributed by atoms with Crippen LogP contribution in [0.1, 0.15) is 48.6 Å². The number of carbonyl (C=O) groups excluding carboxylic acids is 1. The maximum Gasteiger partial charge on any atom is 0.221 e. The van der Waals surface area contributed by atoms with Gasteiger partial charge >= 0.3 is 0 Å². The van der Waals surface area contributed by atoms with Crippen LogP contribution in [0.25, 0.3) is 11.8 Å². The number of halogens is 2. The minimum absolute atomic E-state index is 0.158. The molecule has 5 rings (SSSR count). The van der Waals surface area contributed by atoms with Crippen LogP contribution in [-0.2, 0) is 24.1 Å². The van der Waals surface area contributed by atoms with Crippen LogP contribution < -0.4 is 5.73 Å². The van der Waals surface area contributed by atoms with Gasteiger partial charge in [0.05, 0.1) is 29.6 Å². The van der Waals surface area contributed by atoms with Crippen molar-refractivity contribution in [2.75, 3.05) is 0 Å². The van der Waals surface area contributed by atoms with Crippen LogP contribution in [0.5, 0.6) is 0 Å². The van der Waals surface area contributed by atoms with Crippen LogP contribution >= 0.6 is 0 Å². The first-order valence-corrected chi connectivity index (χ1v) is 11.5. The lowest BCUT2D eigenvalue weighted by Crippen LogP contribution is -2.45. The van der Waals surface area contributed by atoms with E-state index in [4.69, 9.17) is 5.73 Å². The Morgan fingerprint density at radius 3 is 2.71 bits per heavy atom. The molecule has 2 aromatic carbocycles. The third-order valence-corrected chi connectivity index (χ3v) is 7.73. The highest BCUT2D eigenvalue weighted by atomic mass is 19.1. The van der Waals surface area contributed by atoms with Crippen LogP contribution in [0.2, 0.25) is 0 Å². The Kier molecular flexibility index (Phi) is 5.40. The summed E-state index contributed by atoms with van der Waals surface area (Å²) >= 11 is 0. The first kappa shape index (κ1) is 22.5. The largest absolute Gasteiger partial charge is 0.389 e. The average molecular weight is 464 g/mol. The number of primary amides is 1. The fourth-order valence-corrected chi connectivity index (χ4v) is 5.67. The zero-order valence-electron chi connectivity index (χ0n) is 19.0. The molecule has 0 bridgehead atoms. The van der Waals surface area contributed by atoms with E-state index in [1.807, 2.05) is 10.9 Å². The molecule has 2 unspecified atom stereocenters. The average Bonchev–Trinajstić information content (AvgIpc) is 3.31. The summed E-state index contributed by atoms with van der Waals surface area (Å²) in [6, 6.07) is 11.0. The number of aromatic nitrogens is 2. The lowest BCUT2D eigenvalue weighted by atomic mass is 9.65. The summed E-state index contributed by atoms with van der Waals surface area (Å²) in [5.74, 6) is -1.33. The van der Waals surface area contributed by atoms with Gasteiger partial charge in [-0.3, -0.25) is 4.79 Å². The Morgan fingerprint density at radius 1 is 1.21 bits per heavy atom. The molecule has 1 aromatic heterocycles. The molecule has 0 spiro atoms. The third kappa shape index (κ3) is 3.64. The Hall–Kier alpha value is -3.32. The van der Waals surface area contributed by atoms with Gasteiger partial charge in [0, 0.05) is 11.0 Å². The highest BCUT2D eigenvalue weighted by Gasteiger charge is 2.54. The van der Waals surface area contributed by atoms with E-state index in [0.717, 1.165) is 28.9 Å². The van der Waals surface area contributed by atoms with E-state index in [-0.39, 0.29) is 12.2 Å². The van der Waals surface area contributed by atoms with Gasteiger partial charge in [0.15, 0.2) is 0 Å². The molecular formula is C27H27F2N3O2. The molecule has 7 heteroatoms. The lowest BCUT2D eigenvalue weighted by Gasteiger charge is -2.42. The summed E-state index contributed by atoms with van der Waals surface area (Å²) < 4.78 is 29.5. The summed E-state index contributed by atoms with van der Waals surface area (Å²) in [6.45, 7) is 2.08. The summed E-state index contributed by atoms with van der Waals surface area (Å²) in [6.07, 6.45) is 6.63. The number of aliphatic hydroxyl groups is 1. The molecule has 176 valence electrons. The Labute approximate surface area is 196 Å². The van der Waals surface area contributed by atoms with E-state index in [2.05, 4.69) is 18.1 Å². The number of benzene rings is 2. The molecule has 1 saturated carbocycles. The van der Waals surface area contributed by atoms with Crippen LogP contribution in [0.15, 0.2) is 54.2 Å². The molecule has 0 radical (unpaired) electrons. The second kappa shape index (κ2) is 8.17. The van der Waals surface area contributed by atoms with Crippen molar-refractivity contribution >= 4 is 12.0 Å². The van der Waals surface area contributed by atoms with Crippen LogP contribution in [-0.4, -0.2) is 26.4 Å². The Bertz CT molecular complexity index is 1300. The first-order chi connectivity index (χ1) is 16.2. The van der Waals surface area contributed by atoms with E-state index in [9.17, 15) is 18.7 Å². The van der Waals surface area contributed by atoms with E-state index in [0.29, 0.717) is 36.8 Å². The summed E-state index contributed by atoms with van der Waals surface area (Å²) in [7, 11) is 0. The number of nitrogens with two attached hydrogens (primary N) is 1. The number of fused-ring (bicyclic) bond motifs is 2. The molecule has 1 heterocycles. The molecule has 34 heavy (non-hydrogen) atoms. The second-order valence-electron chi connectivity index (χ2n) is 9.67. The molecule has 3 N–H and O–H groups in total. The number of nitrogens with zero attached hydrogens (tertiary/aromatic N) is 2. The normalized spacial score (nSPS) is 23.4. The predicted molar refractivity (Wildman–Crippen MR) is 125 cm³/mol. The minimum atomic E-state index is -0.981. The molecule has 1 amide bonds. The van der Waals surface area contributed by atoms with E-state index in [1.165, 1.54) is 18.2 Å². The van der Waals surface area contributed by atoms with Gasteiger partial charge in [-0.2, -0.15) is 5.10 Å². The number of amides is 1. The van der Waals surface area contributed by atoms with E-state index < -0.39 is 22.7 Å². The van der Waals surface area contributed by atoms with Crippen molar-refractivity contribution < 1.29 is 18.7 Å². The van der Waals surface area contributed by atoms with Gasteiger partial charge < -0.3 is 10.8 Å². The van der Waals surface area contributed by atoms with Gasteiger partial charge in [0.1, 0.15) is 11.6 Å². The number of hydrogen-bond acceptors (Lipinski definition) is 3. The zero-order chi connectivity index (χ0) is 24.1. The fourth-order valence-electron chi connectivity index (χ4n) is 5.67. The molecule has 2 atom stereocenters. The Morgan fingerprint density at radius 2 is 1.97 bits per heavy atom. The highest BCUT2D eigenvalue weighted by molar-refractivity contribution is 5.77. The van der Waals surface area contributed by atoms with Gasteiger partial charge in [0.25, 0.3) is 0 Å². The SMILES string of the molecule is CC12Cc3cnn(-c4ccc(F)cc4)c3C=C1CCC2(O)CCc1cccc(F)c1CC(N)=O. The fraction of sp³-hybridized carbons (Fsp3) is 0.333. The van der Waals surface area contributed by atoms with Crippen molar-refractivity contribution in [2.24, 2.45) is 11.1 Å². The number of hydrogen-bond donors (Lipinski definition) is 2. The summed E-state index contributed by atoms with van der Waals surface area (Å²) in [5.41, 5.74) is 8.79. The number of carbonyl (C=O) groups is 1. The second-order valence-corrected chi connectivity index (χ2v) is 9.67. The summed E-state index contributed by atoms with van der Waals surface area (Å²) in [5, 5.41) is 16.4. The monoisotopic (exact) mass is 463 g/mol. The van der Waals surface area contributed by atoms with Crippen LogP contribution in [0, 0.1) is 17.0 Å². The molecule has 3 aromatic rings. The Balaban J connectivity index is 1.42. The highest BCUT2D eigenvalue weighted by Crippen LogP contribution is 2.56. The van der Waals surface area contributed by atoms with Crippen molar-refractivity contribution in [3.63, 3.8) is 0 Å². The van der Waals surface area contributed by atoms with Crippen molar-refractivity contribution in [3.8, 4) is 5.69 Å². The quantitative estimate of drug-likeness (QED) is 0.573. The van der Waals surface area contributed by atoms with Gasteiger partial charge in [0.2, 0.25) is 5.91 Å². The maximum atomic E-state index is 14.4. The minimum Gasteiger partial charge on any atom is -0.389 e. The number of aryl methyl sites for hydroxylation is 1. The van der Waals surface area contributed by atoms with Crippen molar-refractivity contribution in [2.45, 2.75) is 51.0 Å². The molecule has 2 aliphatic rings. The molecule has 2 aliphatic carbocycles. The van der Waals surface area contributed by atoms with Crippen molar-refractivity contribution in [1.29, 1.82) is 0 Å². The summed E-state index contributed by atoms with van der Waals surface area (Å²) in [4.78, 5) is 11.4. The molecule has 0 saturated heterocycles.